The fourth-order valence-electron chi connectivity index (χ4n) is 2.65. The summed E-state index contributed by atoms with van der Waals surface area (Å²) >= 11 is 9.23. The van der Waals surface area contributed by atoms with E-state index < -0.39 is 29.1 Å². The number of halogens is 4. The van der Waals surface area contributed by atoms with E-state index in [4.69, 9.17) is 20.8 Å². The summed E-state index contributed by atoms with van der Waals surface area (Å²) in [5.74, 6) is -2.74. The summed E-state index contributed by atoms with van der Waals surface area (Å²) in [7, 11) is 0. The van der Waals surface area contributed by atoms with Crippen molar-refractivity contribution in [3.63, 3.8) is 0 Å². The van der Waals surface area contributed by atoms with Gasteiger partial charge in [0.25, 0.3) is 0 Å². The van der Waals surface area contributed by atoms with E-state index >= 15 is 0 Å². The van der Waals surface area contributed by atoms with Crippen molar-refractivity contribution in [1.82, 2.24) is 4.98 Å². The molecule has 0 N–H and O–H groups in total. The van der Waals surface area contributed by atoms with Crippen molar-refractivity contribution < 1.29 is 22.7 Å². The zero-order valence-corrected chi connectivity index (χ0v) is 17.3. The second-order valence-electron chi connectivity index (χ2n) is 5.99. The first kappa shape index (κ1) is 20.5. The largest absolute Gasteiger partial charge is 0.478 e. The molecule has 0 saturated heterocycles. The third-order valence-corrected chi connectivity index (χ3v) is 4.83. The molecule has 1 heterocycles. The highest BCUT2D eigenvalue weighted by molar-refractivity contribution is 9.10. The fraction of sp³-hybridized carbons (Fsp3) is 0.200. The Morgan fingerprint density at radius 3 is 2.54 bits per heavy atom. The average molecular weight is 471 g/mol. The van der Waals surface area contributed by atoms with Crippen molar-refractivity contribution in [3.05, 3.63) is 69.2 Å². The van der Waals surface area contributed by atoms with Crippen LogP contribution in [0.2, 0.25) is 5.02 Å². The Hall–Kier alpha value is -2.25. The van der Waals surface area contributed by atoms with Gasteiger partial charge in [-0.2, -0.15) is 0 Å². The third-order valence-electron chi connectivity index (χ3n) is 4.04. The molecule has 0 spiro atoms. The summed E-state index contributed by atoms with van der Waals surface area (Å²) in [6.45, 7) is 2.89. The molecule has 4 nitrogen and oxygen atoms in total. The van der Waals surface area contributed by atoms with E-state index in [1.807, 2.05) is 0 Å². The number of carbonyl (C=O) groups excluding carboxylic acids is 1. The van der Waals surface area contributed by atoms with Crippen molar-refractivity contribution in [2.75, 3.05) is 0 Å². The summed E-state index contributed by atoms with van der Waals surface area (Å²) in [4.78, 5) is 15.9. The van der Waals surface area contributed by atoms with E-state index in [0.29, 0.717) is 21.8 Å². The van der Waals surface area contributed by atoms with Crippen LogP contribution in [-0.4, -0.2) is 10.8 Å². The van der Waals surface area contributed by atoms with Gasteiger partial charge in [-0.3, -0.25) is 4.79 Å². The second kappa shape index (κ2) is 8.41. The predicted octanol–water partition coefficient (Wildman–Crippen LogP) is 6.77. The van der Waals surface area contributed by atoms with E-state index in [2.05, 4.69) is 20.9 Å². The van der Waals surface area contributed by atoms with Gasteiger partial charge in [0.2, 0.25) is 5.89 Å². The number of hydrogen-bond donors (Lipinski definition) is 0. The van der Waals surface area contributed by atoms with Crippen molar-refractivity contribution in [3.8, 4) is 17.0 Å². The molecule has 0 radical (unpaired) electrons. The second-order valence-corrected chi connectivity index (χ2v) is 7.14. The Bertz CT molecular complexity index is 1020. The van der Waals surface area contributed by atoms with Crippen LogP contribution in [0.1, 0.15) is 42.6 Å². The number of aromatic nitrogens is 1. The van der Waals surface area contributed by atoms with E-state index in [1.54, 1.807) is 31.2 Å². The molecule has 8 heteroatoms. The van der Waals surface area contributed by atoms with E-state index in [1.165, 1.54) is 0 Å². The molecule has 3 rings (SSSR count). The lowest BCUT2D eigenvalue weighted by Crippen LogP contribution is -2.10. The Morgan fingerprint density at radius 1 is 1.25 bits per heavy atom. The highest BCUT2D eigenvalue weighted by atomic mass is 79.9. The molecule has 0 saturated carbocycles. The van der Waals surface area contributed by atoms with Crippen LogP contribution in [0.5, 0.6) is 5.75 Å². The first-order chi connectivity index (χ1) is 13.3. The van der Waals surface area contributed by atoms with Crippen molar-refractivity contribution >= 4 is 33.3 Å². The van der Waals surface area contributed by atoms with E-state index in [-0.39, 0.29) is 11.6 Å². The number of hydrogen-bond acceptors (Lipinski definition) is 4. The summed E-state index contributed by atoms with van der Waals surface area (Å²) in [6, 6.07) is 9.15. The lowest BCUT2D eigenvalue weighted by atomic mass is 10.1. The molecule has 28 heavy (non-hydrogen) atoms. The van der Waals surface area contributed by atoms with Crippen LogP contribution in [0.15, 0.2) is 45.5 Å². The minimum Gasteiger partial charge on any atom is -0.478 e. The van der Waals surface area contributed by atoms with Gasteiger partial charge in [-0.25, -0.2) is 13.8 Å². The number of ketones is 1. The van der Waals surface area contributed by atoms with Gasteiger partial charge in [0.1, 0.15) is 11.5 Å². The topological polar surface area (TPSA) is 52.3 Å². The van der Waals surface area contributed by atoms with Crippen molar-refractivity contribution in [2.45, 2.75) is 26.4 Å². The molecular weight excluding hydrogens is 456 g/mol. The Balaban J connectivity index is 1.93. The number of benzene rings is 2. The standard InChI is InChI=1S/C20H15BrClF2NO3/c1-3-14(27-15-9-8-13(23)16(10(2)26)17(15)24)20-25-18(19(21)28-20)11-4-6-12(22)7-5-11/h4-9,14H,3H2,1-2H3. The zero-order valence-electron chi connectivity index (χ0n) is 14.9. The van der Waals surface area contributed by atoms with Crippen LogP contribution in [-0.2, 0) is 0 Å². The van der Waals surface area contributed by atoms with Gasteiger partial charge in [-0.1, -0.05) is 30.7 Å². The van der Waals surface area contributed by atoms with Crippen molar-refractivity contribution in [2.24, 2.45) is 0 Å². The molecule has 1 atom stereocenters. The normalized spacial score (nSPS) is 12.1. The van der Waals surface area contributed by atoms with Gasteiger partial charge in [0.05, 0.1) is 5.56 Å². The summed E-state index contributed by atoms with van der Waals surface area (Å²) in [6.07, 6.45) is -0.337. The van der Waals surface area contributed by atoms with Gasteiger partial charge >= 0.3 is 0 Å². The first-order valence-corrected chi connectivity index (χ1v) is 9.56. The van der Waals surface area contributed by atoms with Crippen LogP contribution in [0.3, 0.4) is 0 Å². The number of nitrogens with zero attached hydrogens (tertiary/aromatic N) is 1. The molecule has 146 valence electrons. The van der Waals surface area contributed by atoms with Gasteiger partial charge in [0.15, 0.2) is 28.1 Å². The highest BCUT2D eigenvalue weighted by Crippen LogP contribution is 2.35. The van der Waals surface area contributed by atoms with Crippen LogP contribution in [0.4, 0.5) is 8.78 Å². The molecule has 0 aliphatic carbocycles. The third kappa shape index (κ3) is 4.10. The smallest absolute Gasteiger partial charge is 0.237 e. The van der Waals surface area contributed by atoms with E-state index in [0.717, 1.165) is 24.6 Å². The minimum absolute atomic E-state index is 0.215. The van der Waals surface area contributed by atoms with Crippen LogP contribution >= 0.6 is 27.5 Å². The number of oxazole rings is 1. The van der Waals surface area contributed by atoms with Crippen LogP contribution in [0.25, 0.3) is 11.3 Å². The maximum atomic E-state index is 14.5. The maximum Gasteiger partial charge on any atom is 0.237 e. The molecule has 1 aromatic heterocycles. The number of carbonyl (C=O) groups is 1. The summed E-state index contributed by atoms with van der Waals surface area (Å²) in [5.41, 5.74) is 0.675. The van der Waals surface area contributed by atoms with Gasteiger partial charge in [0, 0.05) is 10.6 Å². The minimum atomic E-state index is -1.05. The summed E-state index contributed by atoms with van der Waals surface area (Å²) < 4.78 is 40.0. The molecule has 0 aliphatic rings. The monoisotopic (exact) mass is 469 g/mol. The molecule has 0 bridgehead atoms. The SMILES string of the molecule is CCC(Oc1ccc(F)c(C(C)=O)c1F)c1nc(-c2ccc(Cl)cc2)c(Br)o1. The van der Waals surface area contributed by atoms with E-state index in [9.17, 15) is 13.6 Å². The molecule has 1 unspecified atom stereocenters. The Morgan fingerprint density at radius 2 is 1.93 bits per heavy atom. The number of ether oxygens (including phenoxy) is 1. The first-order valence-electron chi connectivity index (χ1n) is 8.39. The van der Waals surface area contributed by atoms with Gasteiger partial charge < -0.3 is 9.15 Å². The fourth-order valence-corrected chi connectivity index (χ4v) is 3.26. The van der Waals surface area contributed by atoms with Gasteiger partial charge in [-0.05, 0) is 53.5 Å². The lowest BCUT2D eigenvalue weighted by molar-refractivity contribution is 0.100. The number of rotatable bonds is 6. The quantitative estimate of drug-likeness (QED) is 0.373. The molecule has 0 aliphatic heterocycles. The Kier molecular flexibility index (Phi) is 6.15. The predicted molar refractivity (Wildman–Crippen MR) is 105 cm³/mol. The molecular formula is C20H15BrClF2NO3. The van der Waals surface area contributed by atoms with Gasteiger partial charge in [-0.15, -0.1) is 0 Å². The van der Waals surface area contributed by atoms with Crippen LogP contribution < -0.4 is 4.74 Å². The highest BCUT2D eigenvalue weighted by Gasteiger charge is 2.25. The lowest BCUT2D eigenvalue weighted by Gasteiger charge is -2.16. The summed E-state index contributed by atoms with van der Waals surface area (Å²) in [5, 5.41) is 0.589. The van der Waals surface area contributed by atoms with Crippen molar-refractivity contribution in [1.29, 1.82) is 0 Å². The zero-order chi connectivity index (χ0) is 20.4. The molecule has 0 amide bonds. The van der Waals surface area contributed by atoms with Crippen LogP contribution in [0, 0.1) is 11.6 Å². The Labute approximate surface area is 173 Å². The maximum absolute atomic E-state index is 14.5. The average Bonchev–Trinajstić information content (AvgIpc) is 3.03. The molecule has 2 aromatic carbocycles. The molecule has 0 fully saturated rings. The number of Topliss-reactive ketones (excluding diaryl/α,β-unsaturated/α-hetero) is 1. The molecule has 3 aromatic rings.